The summed E-state index contributed by atoms with van der Waals surface area (Å²) < 4.78 is 5.29. The van der Waals surface area contributed by atoms with Crippen LogP contribution in [0.5, 0.6) is 0 Å². The fraction of sp³-hybridized carbons (Fsp3) is 0.118. The van der Waals surface area contributed by atoms with Crippen molar-refractivity contribution >= 4 is 17.8 Å². The van der Waals surface area contributed by atoms with Crippen LogP contribution in [0, 0.1) is 0 Å². The van der Waals surface area contributed by atoms with Crippen LogP contribution >= 0.6 is 0 Å². The molecule has 0 saturated heterocycles. The lowest BCUT2D eigenvalue weighted by molar-refractivity contribution is -0.0584. The third-order valence-corrected chi connectivity index (χ3v) is 3.89. The molecule has 0 aromatic heterocycles. The van der Waals surface area contributed by atoms with E-state index >= 15 is 0 Å². The predicted molar refractivity (Wildman–Crippen MR) is 77.3 cm³/mol. The Labute approximate surface area is 131 Å². The molecule has 0 fully saturated rings. The van der Waals surface area contributed by atoms with Crippen LogP contribution in [0.25, 0.3) is 0 Å². The summed E-state index contributed by atoms with van der Waals surface area (Å²) >= 11 is 0. The SMILES string of the molecule is O=C(ON1C(=O)c2ccccc2C1=O)c1ccc2c(c1)COC2. The molecule has 114 valence electrons. The van der Waals surface area contributed by atoms with Crippen LogP contribution < -0.4 is 0 Å². The number of carbonyl (C=O) groups is 3. The minimum Gasteiger partial charge on any atom is -0.372 e. The van der Waals surface area contributed by atoms with Crippen molar-refractivity contribution in [3.63, 3.8) is 0 Å². The van der Waals surface area contributed by atoms with Crippen molar-refractivity contribution in [3.8, 4) is 0 Å². The van der Waals surface area contributed by atoms with Crippen molar-refractivity contribution in [1.29, 1.82) is 0 Å². The van der Waals surface area contributed by atoms with E-state index in [0.29, 0.717) is 18.3 Å². The molecular formula is C17H11NO5. The number of ether oxygens (including phenoxy) is 1. The van der Waals surface area contributed by atoms with Gasteiger partial charge in [-0.3, -0.25) is 9.59 Å². The van der Waals surface area contributed by atoms with Gasteiger partial charge in [0, 0.05) is 0 Å². The Bertz CT molecular complexity index is 823. The van der Waals surface area contributed by atoms with E-state index in [4.69, 9.17) is 9.57 Å². The summed E-state index contributed by atoms with van der Waals surface area (Å²) in [6.45, 7) is 0.951. The smallest absolute Gasteiger partial charge is 0.363 e. The number of hydrogen-bond donors (Lipinski definition) is 0. The average molecular weight is 309 g/mol. The van der Waals surface area contributed by atoms with E-state index in [1.54, 1.807) is 30.3 Å². The quantitative estimate of drug-likeness (QED) is 0.794. The molecule has 0 spiro atoms. The number of imide groups is 1. The first kappa shape index (κ1) is 13.7. The number of carbonyl (C=O) groups excluding carboxylic acids is 3. The second kappa shape index (κ2) is 5.03. The molecule has 2 aliphatic rings. The highest BCUT2D eigenvalue weighted by Gasteiger charge is 2.38. The molecule has 0 bridgehead atoms. The number of amides is 2. The maximum Gasteiger partial charge on any atom is 0.363 e. The van der Waals surface area contributed by atoms with Crippen molar-refractivity contribution in [2.45, 2.75) is 13.2 Å². The van der Waals surface area contributed by atoms with Crippen molar-refractivity contribution in [1.82, 2.24) is 5.06 Å². The van der Waals surface area contributed by atoms with Gasteiger partial charge in [0.2, 0.25) is 0 Å². The van der Waals surface area contributed by atoms with Crippen molar-refractivity contribution in [2.75, 3.05) is 0 Å². The molecule has 0 aliphatic carbocycles. The third-order valence-electron chi connectivity index (χ3n) is 3.89. The monoisotopic (exact) mass is 309 g/mol. The summed E-state index contributed by atoms with van der Waals surface area (Å²) in [7, 11) is 0. The van der Waals surface area contributed by atoms with Crippen LogP contribution in [-0.2, 0) is 22.8 Å². The maximum absolute atomic E-state index is 12.2. The Balaban J connectivity index is 1.58. The van der Waals surface area contributed by atoms with E-state index in [0.717, 1.165) is 11.1 Å². The lowest BCUT2D eigenvalue weighted by atomic mass is 10.1. The Hall–Kier alpha value is -2.99. The molecule has 0 radical (unpaired) electrons. The molecule has 2 amide bonds. The summed E-state index contributed by atoms with van der Waals surface area (Å²) in [5.74, 6) is -2.03. The van der Waals surface area contributed by atoms with E-state index in [2.05, 4.69) is 0 Å². The first-order valence-corrected chi connectivity index (χ1v) is 7.05. The van der Waals surface area contributed by atoms with Gasteiger partial charge in [0.25, 0.3) is 11.8 Å². The van der Waals surface area contributed by atoms with E-state index in [9.17, 15) is 14.4 Å². The standard InChI is InChI=1S/C17H11NO5/c19-15-13-3-1-2-4-14(13)16(20)18(15)23-17(21)10-5-6-11-8-22-9-12(11)7-10/h1-7H,8-9H2. The Kier molecular flexibility index (Phi) is 2.99. The second-order valence-electron chi connectivity index (χ2n) is 5.31. The number of hydrogen-bond acceptors (Lipinski definition) is 5. The van der Waals surface area contributed by atoms with Crippen LogP contribution in [0.15, 0.2) is 42.5 Å². The Morgan fingerprint density at radius 1 is 0.957 bits per heavy atom. The zero-order valence-corrected chi connectivity index (χ0v) is 11.9. The van der Waals surface area contributed by atoms with Gasteiger partial charge < -0.3 is 9.57 Å². The van der Waals surface area contributed by atoms with Gasteiger partial charge in [0.05, 0.1) is 29.9 Å². The van der Waals surface area contributed by atoms with E-state index < -0.39 is 17.8 Å². The average Bonchev–Trinajstić information content (AvgIpc) is 3.13. The normalized spacial score (nSPS) is 15.6. The van der Waals surface area contributed by atoms with Gasteiger partial charge in [-0.15, -0.1) is 0 Å². The van der Waals surface area contributed by atoms with Crippen molar-refractivity contribution in [2.24, 2.45) is 0 Å². The third kappa shape index (κ3) is 2.11. The highest BCUT2D eigenvalue weighted by molar-refractivity contribution is 6.21. The summed E-state index contributed by atoms with van der Waals surface area (Å²) in [5, 5.41) is 0.511. The largest absolute Gasteiger partial charge is 0.372 e. The van der Waals surface area contributed by atoms with Gasteiger partial charge in [0.1, 0.15) is 0 Å². The second-order valence-corrected chi connectivity index (χ2v) is 5.31. The first-order chi connectivity index (χ1) is 11.1. The maximum atomic E-state index is 12.2. The molecule has 2 aromatic carbocycles. The number of benzene rings is 2. The lowest BCUT2D eigenvalue weighted by Crippen LogP contribution is -2.32. The number of rotatable bonds is 2. The van der Waals surface area contributed by atoms with Crippen LogP contribution in [0.3, 0.4) is 0 Å². The number of fused-ring (bicyclic) bond motifs is 2. The number of nitrogens with zero attached hydrogens (tertiary/aromatic N) is 1. The van der Waals surface area contributed by atoms with E-state index in [1.165, 1.54) is 12.1 Å². The van der Waals surface area contributed by atoms with Gasteiger partial charge in [-0.2, -0.15) is 0 Å². The van der Waals surface area contributed by atoms with Crippen LogP contribution in [0.2, 0.25) is 0 Å². The zero-order valence-electron chi connectivity index (χ0n) is 11.9. The molecule has 6 heteroatoms. The Morgan fingerprint density at radius 3 is 2.30 bits per heavy atom. The summed E-state index contributed by atoms with van der Waals surface area (Å²) in [5.41, 5.74) is 2.65. The molecule has 6 nitrogen and oxygen atoms in total. The molecule has 2 aromatic rings. The van der Waals surface area contributed by atoms with Gasteiger partial charge >= 0.3 is 5.97 Å². The van der Waals surface area contributed by atoms with Crippen molar-refractivity contribution < 1.29 is 24.0 Å². The highest BCUT2D eigenvalue weighted by atomic mass is 16.7. The van der Waals surface area contributed by atoms with E-state index in [1.807, 2.05) is 0 Å². The Morgan fingerprint density at radius 2 is 1.61 bits per heavy atom. The summed E-state index contributed by atoms with van der Waals surface area (Å²) in [6, 6.07) is 11.4. The fourth-order valence-corrected chi connectivity index (χ4v) is 2.68. The van der Waals surface area contributed by atoms with Gasteiger partial charge in [-0.05, 0) is 35.4 Å². The summed E-state index contributed by atoms with van der Waals surface area (Å²) in [4.78, 5) is 41.6. The van der Waals surface area contributed by atoms with Crippen LogP contribution in [-0.4, -0.2) is 22.8 Å². The van der Waals surface area contributed by atoms with Crippen molar-refractivity contribution in [3.05, 3.63) is 70.3 Å². The van der Waals surface area contributed by atoms with Crippen LogP contribution in [0.4, 0.5) is 0 Å². The minimum atomic E-state index is -0.755. The molecular weight excluding hydrogens is 298 g/mol. The zero-order chi connectivity index (χ0) is 16.0. The minimum absolute atomic E-state index is 0.229. The van der Waals surface area contributed by atoms with Gasteiger partial charge in [-0.25, -0.2) is 4.79 Å². The van der Waals surface area contributed by atoms with E-state index in [-0.39, 0.29) is 16.7 Å². The molecule has 0 N–H and O–H groups in total. The molecule has 2 aliphatic heterocycles. The molecule has 2 heterocycles. The van der Waals surface area contributed by atoms with Crippen LogP contribution in [0.1, 0.15) is 42.2 Å². The summed E-state index contributed by atoms with van der Waals surface area (Å²) in [6.07, 6.45) is 0. The topological polar surface area (TPSA) is 72.9 Å². The van der Waals surface area contributed by atoms with Gasteiger partial charge in [-0.1, -0.05) is 23.3 Å². The first-order valence-electron chi connectivity index (χ1n) is 7.05. The molecule has 23 heavy (non-hydrogen) atoms. The van der Waals surface area contributed by atoms with Gasteiger partial charge in [0.15, 0.2) is 0 Å². The lowest BCUT2D eigenvalue weighted by Gasteiger charge is -2.13. The highest BCUT2D eigenvalue weighted by Crippen LogP contribution is 2.25. The predicted octanol–water partition coefficient (Wildman–Crippen LogP) is 2.08. The molecule has 4 rings (SSSR count). The molecule has 0 saturated carbocycles. The molecule has 0 atom stereocenters. The number of hydroxylamine groups is 2. The molecule has 0 unspecified atom stereocenters. The fourth-order valence-electron chi connectivity index (χ4n) is 2.68.